The quantitative estimate of drug-likeness (QED) is 0.504. The number of nitrogens with one attached hydrogen (secondary N) is 1. The zero-order valence-corrected chi connectivity index (χ0v) is 11.6. The van der Waals surface area contributed by atoms with Gasteiger partial charge in [-0.2, -0.15) is 5.10 Å². The minimum atomic E-state index is -0.238. The summed E-state index contributed by atoms with van der Waals surface area (Å²) in [4.78, 5) is 20.2. The second-order valence-corrected chi connectivity index (χ2v) is 5.31. The highest BCUT2D eigenvalue weighted by Crippen LogP contribution is 2.27. The van der Waals surface area contributed by atoms with Crippen LogP contribution in [0.1, 0.15) is 6.92 Å². The van der Waals surface area contributed by atoms with Crippen LogP contribution in [0, 0.1) is 0 Å². The maximum atomic E-state index is 11.8. The average Bonchev–Trinajstić information content (AvgIpc) is 2.79. The lowest BCUT2D eigenvalue weighted by atomic mass is 10.4. The second-order valence-electron chi connectivity index (χ2n) is 3.98. The van der Waals surface area contributed by atoms with Crippen molar-refractivity contribution in [1.82, 2.24) is 25.1 Å². The van der Waals surface area contributed by atoms with E-state index >= 15 is 0 Å². The third-order valence-electron chi connectivity index (χ3n) is 2.57. The maximum Gasteiger partial charge on any atom is 0.233 e. The van der Waals surface area contributed by atoms with Gasteiger partial charge in [-0.3, -0.25) is 9.48 Å². The van der Waals surface area contributed by atoms with Gasteiger partial charge >= 0.3 is 0 Å². The molecule has 0 radical (unpaired) electrons. The van der Waals surface area contributed by atoms with Crippen molar-refractivity contribution in [1.29, 1.82) is 0 Å². The van der Waals surface area contributed by atoms with Crippen LogP contribution in [0.4, 0.5) is 0 Å². The van der Waals surface area contributed by atoms with E-state index in [0.29, 0.717) is 6.54 Å². The highest BCUT2D eigenvalue weighted by molar-refractivity contribution is 8.00. The predicted molar refractivity (Wildman–Crippen MR) is 74.8 cm³/mol. The Morgan fingerprint density at radius 3 is 3.16 bits per heavy atom. The van der Waals surface area contributed by atoms with Gasteiger partial charge in [-0.05, 0) is 6.92 Å². The molecule has 7 heteroatoms. The third kappa shape index (κ3) is 2.93. The Bertz CT molecular complexity index is 609. The molecule has 2 heterocycles. The summed E-state index contributed by atoms with van der Waals surface area (Å²) in [7, 11) is 1.82. The monoisotopic (exact) mass is 277 g/mol. The number of aromatic nitrogens is 4. The van der Waals surface area contributed by atoms with E-state index in [4.69, 9.17) is 0 Å². The van der Waals surface area contributed by atoms with Gasteiger partial charge < -0.3 is 5.32 Å². The van der Waals surface area contributed by atoms with Crippen LogP contribution >= 0.6 is 11.8 Å². The number of thioether (sulfide) groups is 1. The molecule has 1 N–H and O–H groups in total. The summed E-state index contributed by atoms with van der Waals surface area (Å²) in [6.45, 7) is 5.88. The first kappa shape index (κ1) is 13.5. The maximum absolute atomic E-state index is 11.8. The number of aryl methyl sites for hydroxylation is 1. The Morgan fingerprint density at radius 1 is 1.63 bits per heavy atom. The van der Waals surface area contributed by atoms with E-state index in [0.717, 1.165) is 16.1 Å². The van der Waals surface area contributed by atoms with Gasteiger partial charge in [0.25, 0.3) is 0 Å². The van der Waals surface area contributed by atoms with E-state index in [1.165, 1.54) is 18.1 Å². The van der Waals surface area contributed by atoms with Crippen LogP contribution in [0.25, 0.3) is 11.0 Å². The molecule has 1 atom stereocenters. The Hall–Kier alpha value is -1.89. The smallest absolute Gasteiger partial charge is 0.233 e. The Kier molecular flexibility index (Phi) is 4.16. The van der Waals surface area contributed by atoms with Gasteiger partial charge in [0.15, 0.2) is 5.65 Å². The van der Waals surface area contributed by atoms with Crippen molar-refractivity contribution in [3.8, 4) is 0 Å². The number of amides is 1. The van der Waals surface area contributed by atoms with Gasteiger partial charge in [-0.25, -0.2) is 9.97 Å². The molecule has 2 aromatic heterocycles. The van der Waals surface area contributed by atoms with Crippen molar-refractivity contribution in [3.63, 3.8) is 0 Å². The number of nitrogens with zero attached hydrogens (tertiary/aromatic N) is 4. The first-order chi connectivity index (χ1) is 9.13. The number of fused-ring (bicyclic) bond motifs is 1. The SMILES string of the molecule is C=CCNC(=O)C(C)Sc1ncnc2c1cnn2C. The van der Waals surface area contributed by atoms with Crippen molar-refractivity contribution in [3.05, 3.63) is 25.2 Å². The third-order valence-corrected chi connectivity index (χ3v) is 3.69. The molecular weight excluding hydrogens is 262 g/mol. The fourth-order valence-electron chi connectivity index (χ4n) is 1.57. The molecule has 0 saturated carbocycles. The summed E-state index contributed by atoms with van der Waals surface area (Å²) in [5.74, 6) is -0.0412. The van der Waals surface area contributed by atoms with Crippen LogP contribution in [-0.2, 0) is 11.8 Å². The molecule has 0 saturated heterocycles. The molecule has 2 rings (SSSR count). The lowest BCUT2D eigenvalue weighted by Crippen LogP contribution is -2.30. The summed E-state index contributed by atoms with van der Waals surface area (Å²) in [6, 6.07) is 0. The van der Waals surface area contributed by atoms with E-state index in [-0.39, 0.29) is 11.2 Å². The lowest BCUT2D eigenvalue weighted by Gasteiger charge is -2.10. The van der Waals surface area contributed by atoms with Gasteiger partial charge in [0.05, 0.1) is 16.8 Å². The van der Waals surface area contributed by atoms with Gasteiger partial charge in [0, 0.05) is 13.6 Å². The fourth-order valence-corrected chi connectivity index (χ4v) is 2.48. The highest BCUT2D eigenvalue weighted by Gasteiger charge is 2.17. The minimum Gasteiger partial charge on any atom is -0.352 e. The van der Waals surface area contributed by atoms with Crippen LogP contribution in [0.3, 0.4) is 0 Å². The van der Waals surface area contributed by atoms with Gasteiger partial charge in [-0.15, -0.1) is 6.58 Å². The molecule has 0 aliphatic carbocycles. The fraction of sp³-hybridized carbons (Fsp3) is 0.333. The first-order valence-corrected chi connectivity index (χ1v) is 6.69. The molecular formula is C12H15N5OS. The van der Waals surface area contributed by atoms with Gasteiger partial charge in [0.1, 0.15) is 11.4 Å². The van der Waals surface area contributed by atoms with Crippen molar-refractivity contribution >= 4 is 28.7 Å². The predicted octanol–water partition coefficient (Wildman–Crippen LogP) is 1.15. The van der Waals surface area contributed by atoms with E-state index < -0.39 is 0 Å². The summed E-state index contributed by atoms with van der Waals surface area (Å²) in [5, 5.41) is 8.29. The molecule has 1 unspecified atom stereocenters. The molecule has 0 bridgehead atoms. The van der Waals surface area contributed by atoms with Crippen LogP contribution < -0.4 is 5.32 Å². The van der Waals surface area contributed by atoms with Crippen molar-refractivity contribution in [2.45, 2.75) is 17.2 Å². The molecule has 0 spiro atoms. The van der Waals surface area contributed by atoms with Crippen LogP contribution in [0.15, 0.2) is 30.2 Å². The summed E-state index contributed by atoms with van der Waals surface area (Å²) < 4.78 is 1.68. The standard InChI is InChI=1S/C12H15N5OS/c1-4-5-13-11(18)8(2)19-12-9-6-16-17(3)10(9)14-7-15-12/h4,6-8H,1,5H2,2-3H3,(H,13,18). The van der Waals surface area contributed by atoms with Crippen molar-refractivity contribution in [2.75, 3.05) is 6.54 Å². The van der Waals surface area contributed by atoms with E-state index in [1.807, 2.05) is 14.0 Å². The Labute approximate surface area is 115 Å². The molecule has 0 aliphatic heterocycles. The average molecular weight is 277 g/mol. The zero-order chi connectivity index (χ0) is 13.8. The first-order valence-electron chi connectivity index (χ1n) is 5.81. The molecule has 1 amide bonds. The summed E-state index contributed by atoms with van der Waals surface area (Å²) >= 11 is 1.39. The lowest BCUT2D eigenvalue weighted by molar-refractivity contribution is -0.120. The van der Waals surface area contributed by atoms with Crippen molar-refractivity contribution in [2.24, 2.45) is 7.05 Å². The van der Waals surface area contributed by atoms with Gasteiger partial charge in [0.2, 0.25) is 5.91 Å². The highest BCUT2D eigenvalue weighted by atomic mass is 32.2. The molecule has 19 heavy (non-hydrogen) atoms. The molecule has 0 aliphatic rings. The summed E-state index contributed by atoms with van der Waals surface area (Å²) in [5.41, 5.74) is 0.760. The Balaban J connectivity index is 2.17. The molecule has 100 valence electrons. The van der Waals surface area contributed by atoms with E-state index in [2.05, 4.69) is 27.0 Å². The number of hydrogen-bond donors (Lipinski definition) is 1. The van der Waals surface area contributed by atoms with Crippen LogP contribution in [0.5, 0.6) is 0 Å². The number of rotatable bonds is 5. The normalized spacial score (nSPS) is 12.3. The van der Waals surface area contributed by atoms with E-state index in [9.17, 15) is 4.79 Å². The minimum absolute atomic E-state index is 0.0412. The molecule has 0 aromatic carbocycles. The largest absolute Gasteiger partial charge is 0.352 e. The molecule has 6 nitrogen and oxygen atoms in total. The summed E-state index contributed by atoms with van der Waals surface area (Å²) in [6.07, 6.45) is 4.85. The molecule has 2 aromatic rings. The van der Waals surface area contributed by atoms with Gasteiger partial charge in [-0.1, -0.05) is 17.8 Å². The molecule has 0 fully saturated rings. The second kappa shape index (κ2) is 5.83. The van der Waals surface area contributed by atoms with E-state index in [1.54, 1.807) is 17.0 Å². The van der Waals surface area contributed by atoms with Crippen LogP contribution in [-0.4, -0.2) is 37.5 Å². The van der Waals surface area contributed by atoms with Crippen LogP contribution in [0.2, 0.25) is 0 Å². The number of carbonyl (C=O) groups excluding carboxylic acids is 1. The van der Waals surface area contributed by atoms with Crippen molar-refractivity contribution < 1.29 is 4.79 Å². The number of carbonyl (C=O) groups is 1. The zero-order valence-electron chi connectivity index (χ0n) is 10.8. The Morgan fingerprint density at radius 2 is 2.42 bits per heavy atom. The number of hydrogen-bond acceptors (Lipinski definition) is 5. The topological polar surface area (TPSA) is 72.7 Å².